The predicted octanol–water partition coefficient (Wildman–Crippen LogP) is 5.09. The van der Waals surface area contributed by atoms with Crippen LogP contribution in [0.15, 0.2) is 61.9 Å². The van der Waals surface area contributed by atoms with Crippen LogP contribution in [-0.2, 0) is 9.53 Å². The highest BCUT2D eigenvalue weighted by Crippen LogP contribution is 2.37. The Hall–Kier alpha value is -3.17. The van der Waals surface area contributed by atoms with Gasteiger partial charge in [-0.25, -0.2) is 9.79 Å². The lowest BCUT2D eigenvalue weighted by Gasteiger charge is -2.25. The number of halogens is 1. The van der Waals surface area contributed by atoms with Gasteiger partial charge < -0.3 is 14.2 Å². The minimum Gasteiger partial charge on any atom is -0.493 e. The first kappa shape index (κ1) is 27.9. The quantitative estimate of drug-likeness (QED) is 0.337. The second-order valence-electron chi connectivity index (χ2n) is 9.09. The lowest BCUT2D eigenvalue weighted by molar-refractivity contribution is -0.139. The van der Waals surface area contributed by atoms with Crippen LogP contribution in [0, 0.1) is 0 Å². The summed E-state index contributed by atoms with van der Waals surface area (Å²) in [6.45, 7) is 10.4. The Kier molecular flexibility index (Phi) is 8.57. The van der Waals surface area contributed by atoms with Crippen LogP contribution in [-0.4, -0.2) is 30.9 Å². The van der Waals surface area contributed by atoms with Crippen molar-refractivity contribution in [3.8, 4) is 11.5 Å². The van der Waals surface area contributed by atoms with E-state index in [4.69, 9.17) is 14.2 Å². The van der Waals surface area contributed by atoms with Crippen molar-refractivity contribution in [1.29, 1.82) is 0 Å². The lowest BCUT2D eigenvalue weighted by atomic mass is 9.93. The van der Waals surface area contributed by atoms with Crippen LogP contribution in [0.4, 0.5) is 0 Å². The van der Waals surface area contributed by atoms with Crippen LogP contribution < -0.4 is 24.4 Å². The molecule has 2 heterocycles. The maximum atomic E-state index is 13.9. The third-order valence-corrected chi connectivity index (χ3v) is 7.85. The number of fused-ring (bicyclic) bond motifs is 1. The predicted molar refractivity (Wildman–Crippen MR) is 153 cm³/mol. The Balaban J connectivity index is 1.91. The number of rotatable bonds is 8. The summed E-state index contributed by atoms with van der Waals surface area (Å²) in [5, 5.41) is 0. The number of allylic oxidation sites excluding steroid dienone is 1. The number of methoxy groups -OCH3 is 1. The molecule has 0 fully saturated rings. The molecule has 0 N–H and O–H groups in total. The van der Waals surface area contributed by atoms with Crippen LogP contribution in [0.3, 0.4) is 0 Å². The molecule has 0 saturated carbocycles. The Morgan fingerprint density at radius 2 is 1.89 bits per heavy atom. The summed E-state index contributed by atoms with van der Waals surface area (Å²) < 4.78 is 19.4. The van der Waals surface area contributed by atoms with Crippen LogP contribution in [0.25, 0.3) is 6.08 Å². The van der Waals surface area contributed by atoms with E-state index in [0.717, 1.165) is 15.6 Å². The van der Waals surface area contributed by atoms with Gasteiger partial charge in [0.05, 0.1) is 46.6 Å². The van der Waals surface area contributed by atoms with Crippen molar-refractivity contribution in [2.24, 2.45) is 4.99 Å². The average Bonchev–Trinajstić information content (AvgIpc) is 3.18. The summed E-state index contributed by atoms with van der Waals surface area (Å²) in [5.41, 5.74) is 3.44. The van der Waals surface area contributed by atoms with E-state index in [1.165, 1.54) is 16.9 Å². The Morgan fingerprint density at radius 1 is 1.18 bits per heavy atom. The zero-order valence-corrected chi connectivity index (χ0v) is 24.7. The highest BCUT2D eigenvalue weighted by Gasteiger charge is 2.33. The molecule has 38 heavy (non-hydrogen) atoms. The third-order valence-electron chi connectivity index (χ3n) is 6.27. The maximum Gasteiger partial charge on any atom is 0.338 e. The summed E-state index contributed by atoms with van der Waals surface area (Å²) in [5.74, 6) is 1.05. The van der Waals surface area contributed by atoms with Gasteiger partial charge in [0, 0.05) is 0 Å². The molecule has 0 bridgehead atoms. The average molecular weight is 600 g/mol. The molecule has 3 aromatic rings. The second kappa shape index (κ2) is 11.7. The number of nitrogens with zero attached hydrogens (tertiary/aromatic N) is 2. The van der Waals surface area contributed by atoms with E-state index in [1.807, 2.05) is 43.3 Å². The number of carbonyl (C=O) groups is 1. The van der Waals surface area contributed by atoms with Crippen LogP contribution in [0.5, 0.6) is 11.5 Å². The van der Waals surface area contributed by atoms with E-state index in [9.17, 15) is 9.59 Å². The van der Waals surface area contributed by atoms with Gasteiger partial charge in [-0.05, 0) is 77.5 Å². The molecule has 1 unspecified atom stereocenters. The van der Waals surface area contributed by atoms with Gasteiger partial charge in [-0.2, -0.15) is 0 Å². The van der Waals surface area contributed by atoms with Crippen molar-refractivity contribution in [2.75, 3.05) is 20.3 Å². The monoisotopic (exact) mass is 598 g/mol. The fraction of sp³-hybridized carbons (Fsp3) is 0.345. The fourth-order valence-corrected chi connectivity index (χ4v) is 6.05. The number of ether oxygens (including phenoxy) is 3. The summed E-state index contributed by atoms with van der Waals surface area (Å²) in [6.07, 6.45) is 1.80. The van der Waals surface area contributed by atoms with Crippen molar-refractivity contribution < 1.29 is 19.0 Å². The van der Waals surface area contributed by atoms with Crippen molar-refractivity contribution in [3.05, 3.63) is 88.5 Å². The van der Waals surface area contributed by atoms with Gasteiger partial charge >= 0.3 is 5.97 Å². The number of esters is 1. The molecule has 0 saturated heterocycles. The molecular weight excluding hydrogens is 568 g/mol. The normalized spacial score (nSPS) is 15.4. The molecule has 1 aliphatic heterocycles. The molecule has 0 radical (unpaired) electrons. The summed E-state index contributed by atoms with van der Waals surface area (Å²) in [7, 11) is 1.58. The molecule has 2 aromatic carbocycles. The van der Waals surface area contributed by atoms with Crippen LogP contribution in [0.2, 0.25) is 0 Å². The molecule has 0 amide bonds. The Morgan fingerprint density at radius 3 is 2.50 bits per heavy atom. The summed E-state index contributed by atoms with van der Waals surface area (Å²) in [4.78, 5) is 32.1. The minimum atomic E-state index is -0.643. The van der Waals surface area contributed by atoms with E-state index >= 15 is 0 Å². The van der Waals surface area contributed by atoms with Gasteiger partial charge in [-0.1, -0.05) is 49.4 Å². The van der Waals surface area contributed by atoms with Crippen molar-refractivity contribution in [2.45, 2.75) is 46.6 Å². The number of thiazole rings is 1. The van der Waals surface area contributed by atoms with Gasteiger partial charge in [0.1, 0.15) is 0 Å². The summed E-state index contributed by atoms with van der Waals surface area (Å²) in [6, 6.07) is 11.1. The lowest BCUT2D eigenvalue weighted by Crippen LogP contribution is -2.39. The van der Waals surface area contributed by atoms with Gasteiger partial charge in [-0.15, -0.1) is 0 Å². The number of hydrogen-bond donors (Lipinski definition) is 0. The van der Waals surface area contributed by atoms with Crippen LogP contribution in [0.1, 0.15) is 63.3 Å². The molecule has 9 heteroatoms. The zero-order chi connectivity index (χ0) is 27.6. The molecular formula is C29H31BrN2O5S. The van der Waals surface area contributed by atoms with Crippen molar-refractivity contribution >= 4 is 39.3 Å². The smallest absolute Gasteiger partial charge is 0.338 e. The zero-order valence-electron chi connectivity index (χ0n) is 22.3. The topological polar surface area (TPSA) is 79.1 Å². The number of hydrogen-bond acceptors (Lipinski definition) is 7. The molecule has 4 rings (SSSR count). The number of benzene rings is 2. The minimum absolute atomic E-state index is 0.230. The highest BCUT2D eigenvalue weighted by atomic mass is 79.9. The molecule has 1 aliphatic rings. The van der Waals surface area contributed by atoms with Gasteiger partial charge in [0.15, 0.2) is 16.3 Å². The Bertz CT molecular complexity index is 1570. The molecule has 200 valence electrons. The standard InChI is InChI=1S/C29H31BrN2O5S/c1-7-36-26-21(30)13-18(14-22(26)35-6)15-23-27(33)32-25(20-11-9-19(10-12-20)16(3)4)24(28(34)37-8-2)17(5)31-29(32)38-23/h9-16,25H,7-8H2,1-6H3/b23-15-. The Labute approximate surface area is 234 Å². The van der Waals surface area contributed by atoms with Crippen molar-refractivity contribution in [3.63, 3.8) is 0 Å². The molecule has 0 spiro atoms. The summed E-state index contributed by atoms with van der Waals surface area (Å²) >= 11 is 4.83. The van der Waals surface area contributed by atoms with Gasteiger partial charge in [-0.3, -0.25) is 9.36 Å². The first-order valence-electron chi connectivity index (χ1n) is 12.5. The first-order valence-corrected chi connectivity index (χ1v) is 14.1. The first-order chi connectivity index (χ1) is 18.2. The van der Waals surface area contributed by atoms with E-state index in [2.05, 4.69) is 34.8 Å². The second-order valence-corrected chi connectivity index (χ2v) is 11.0. The molecule has 7 nitrogen and oxygen atoms in total. The maximum absolute atomic E-state index is 13.9. The number of carbonyl (C=O) groups excluding carboxylic acids is 1. The number of aromatic nitrogens is 1. The van der Waals surface area contributed by atoms with Crippen molar-refractivity contribution in [1.82, 2.24) is 4.57 Å². The third kappa shape index (κ3) is 5.35. The fourth-order valence-electron chi connectivity index (χ4n) is 4.43. The molecule has 1 atom stereocenters. The van der Waals surface area contributed by atoms with Gasteiger partial charge in [0.2, 0.25) is 0 Å². The molecule has 0 aliphatic carbocycles. The van der Waals surface area contributed by atoms with E-state index in [-0.39, 0.29) is 12.2 Å². The largest absolute Gasteiger partial charge is 0.493 e. The highest BCUT2D eigenvalue weighted by molar-refractivity contribution is 9.10. The van der Waals surface area contributed by atoms with Crippen LogP contribution >= 0.6 is 27.3 Å². The van der Waals surface area contributed by atoms with E-state index in [1.54, 1.807) is 31.6 Å². The van der Waals surface area contributed by atoms with Gasteiger partial charge in [0.25, 0.3) is 5.56 Å². The van der Waals surface area contributed by atoms with E-state index in [0.29, 0.717) is 44.6 Å². The van der Waals surface area contributed by atoms with E-state index < -0.39 is 12.0 Å². The SMILES string of the molecule is CCOC(=O)C1=C(C)N=c2s/c(=C\c3cc(Br)c(OCC)c(OC)c3)c(=O)n2C1c1ccc(C(C)C)cc1. The molecule has 1 aromatic heterocycles.